The van der Waals surface area contributed by atoms with E-state index in [0.717, 1.165) is 5.56 Å². The van der Waals surface area contributed by atoms with E-state index >= 15 is 0 Å². The van der Waals surface area contributed by atoms with E-state index in [1.165, 1.54) is 0 Å². The molecule has 3 N–H and O–H groups in total. The van der Waals surface area contributed by atoms with Gasteiger partial charge in [0.25, 0.3) is 0 Å². The number of ether oxygens (including phenoxy) is 1. The van der Waals surface area contributed by atoms with Crippen LogP contribution in [-0.2, 0) is 4.79 Å². The first-order valence-corrected chi connectivity index (χ1v) is 4.69. The van der Waals surface area contributed by atoms with Crippen molar-refractivity contribution in [2.24, 2.45) is 0 Å². The Labute approximate surface area is 88.7 Å². The highest BCUT2D eigenvalue weighted by atomic mass is 16.5. The van der Waals surface area contributed by atoms with E-state index in [-0.39, 0.29) is 12.3 Å². The summed E-state index contributed by atoms with van der Waals surface area (Å²) in [5.74, 6) is -0.251. The van der Waals surface area contributed by atoms with Gasteiger partial charge in [-0.3, -0.25) is 4.79 Å². The number of hydrogen-bond acceptors (Lipinski definition) is 3. The molecular weight excluding hydrogens is 194 g/mol. The second-order valence-electron chi connectivity index (χ2n) is 3.49. The quantitative estimate of drug-likeness (QED) is 0.742. The minimum atomic E-state index is -0.829. The first-order chi connectivity index (χ1) is 7.04. The number of aliphatic carboxylic acids is 1. The predicted octanol–water partition coefficient (Wildman–Crippen LogP) is 1.86. The number of carboxylic acid groups (broad SMARTS) is 1. The normalized spacial score (nSPS) is 12.1. The Morgan fingerprint density at radius 2 is 2.27 bits per heavy atom. The summed E-state index contributed by atoms with van der Waals surface area (Å²) in [5, 5.41) is 8.69. The Hall–Kier alpha value is -1.71. The van der Waals surface area contributed by atoms with Crippen molar-refractivity contribution in [2.75, 3.05) is 12.8 Å². The first-order valence-electron chi connectivity index (χ1n) is 4.69. The predicted molar refractivity (Wildman–Crippen MR) is 58.1 cm³/mol. The average Bonchev–Trinajstić information content (AvgIpc) is 2.17. The molecule has 0 amide bonds. The van der Waals surface area contributed by atoms with Gasteiger partial charge in [-0.1, -0.05) is 6.92 Å². The van der Waals surface area contributed by atoms with Crippen molar-refractivity contribution in [1.29, 1.82) is 0 Å². The molecule has 4 heteroatoms. The van der Waals surface area contributed by atoms with E-state index in [1.54, 1.807) is 25.3 Å². The van der Waals surface area contributed by atoms with Crippen LogP contribution in [0, 0.1) is 0 Å². The monoisotopic (exact) mass is 209 g/mol. The number of methoxy groups -OCH3 is 1. The molecule has 0 aliphatic carbocycles. The molecule has 82 valence electrons. The lowest BCUT2D eigenvalue weighted by Crippen LogP contribution is -2.05. The summed E-state index contributed by atoms with van der Waals surface area (Å²) < 4.78 is 5.06. The fourth-order valence-electron chi connectivity index (χ4n) is 1.48. The summed E-state index contributed by atoms with van der Waals surface area (Å²) in [7, 11) is 1.57. The topological polar surface area (TPSA) is 72.5 Å². The van der Waals surface area contributed by atoms with Gasteiger partial charge in [-0.05, 0) is 29.7 Å². The Balaban J connectivity index is 2.95. The van der Waals surface area contributed by atoms with Crippen LogP contribution in [0.2, 0.25) is 0 Å². The largest absolute Gasteiger partial charge is 0.497 e. The van der Waals surface area contributed by atoms with Crippen molar-refractivity contribution in [3.63, 3.8) is 0 Å². The van der Waals surface area contributed by atoms with E-state index in [0.29, 0.717) is 11.4 Å². The number of nitrogens with two attached hydrogens (primary N) is 1. The van der Waals surface area contributed by atoms with Crippen LogP contribution < -0.4 is 10.5 Å². The van der Waals surface area contributed by atoms with Crippen LogP contribution in [0.1, 0.15) is 24.8 Å². The number of carbonyl (C=O) groups is 1. The van der Waals surface area contributed by atoms with Gasteiger partial charge in [0, 0.05) is 5.69 Å². The summed E-state index contributed by atoms with van der Waals surface area (Å²) in [6.07, 6.45) is 0.0668. The van der Waals surface area contributed by atoms with E-state index in [4.69, 9.17) is 15.6 Å². The molecule has 0 saturated carbocycles. The molecular formula is C11H15NO3. The number of hydrogen-bond donors (Lipinski definition) is 2. The van der Waals surface area contributed by atoms with Crippen LogP contribution in [0.3, 0.4) is 0 Å². The lowest BCUT2D eigenvalue weighted by molar-refractivity contribution is -0.137. The molecule has 15 heavy (non-hydrogen) atoms. The van der Waals surface area contributed by atoms with Crippen LogP contribution >= 0.6 is 0 Å². The lowest BCUT2D eigenvalue weighted by atomic mass is 9.96. The summed E-state index contributed by atoms with van der Waals surface area (Å²) >= 11 is 0. The minimum Gasteiger partial charge on any atom is -0.497 e. The molecule has 1 rings (SSSR count). The third kappa shape index (κ3) is 2.87. The van der Waals surface area contributed by atoms with Crippen LogP contribution in [0.15, 0.2) is 18.2 Å². The second kappa shape index (κ2) is 4.68. The Kier molecular flexibility index (Phi) is 3.55. The van der Waals surface area contributed by atoms with Gasteiger partial charge in [0.2, 0.25) is 0 Å². The Morgan fingerprint density at radius 3 is 2.80 bits per heavy atom. The van der Waals surface area contributed by atoms with Gasteiger partial charge in [0.05, 0.1) is 13.5 Å². The maximum absolute atomic E-state index is 10.6. The number of rotatable bonds is 4. The van der Waals surface area contributed by atoms with Gasteiger partial charge in [-0.2, -0.15) is 0 Å². The highest BCUT2D eigenvalue weighted by Crippen LogP contribution is 2.28. The number of benzene rings is 1. The highest BCUT2D eigenvalue weighted by Gasteiger charge is 2.13. The maximum Gasteiger partial charge on any atom is 0.303 e. The average molecular weight is 209 g/mol. The zero-order valence-corrected chi connectivity index (χ0v) is 8.86. The summed E-state index contributed by atoms with van der Waals surface area (Å²) in [4.78, 5) is 10.6. The van der Waals surface area contributed by atoms with Crippen molar-refractivity contribution in [3.05, 3.63) is 23.8 Å². The standard InChI is InChI=1S/C11H15NO3/c1-7(5-11(13)14)9-6-8(15-2)3-4-10(9)12/h3-4,6-7H,5,12H2,1-2H3,(H,13,14). The zero-order valence-electron chi connectivity index (χ0n) is 8.86. The first kappa shape index (κ1) is 11.4. The number of anilines is 1. The van der Waals surface area contributed by atoms with Gasteiger partial charge >= 0.3 is 5.97 Å². The fraction of sp³-hybridized carbons (Fsp3) is 0.364. The van der Waals surface area contributed by atoms with Crippen LogP contribution in [0.5, 0.6) is 5.75 Å². The van der Waals surface area contributed by atoms with Gasteiger partial charge in [-0.25, -0.2) is 0 Å². The molecule has 0 spiro atoms. The fourth-order valence-corrected chi connectivity index (χ4v) is 1.48. The van der Waals surface area contributed by atoms with Gasteiger partial charge < -0.3 is 15.6 Å². The van der Waals surface area contributed by atoms with Crippen molar-refractivity contribution in [3.8, 4) is 5.75 Å². The SMILES string of the molecule is COc1ccc(N)c(C(C)CC(=O)O)c1. The van der Waals surface area contributed by atoms with Crippen molar-refractivity contribution in [1.82, 2.24) is 0 Å². The lowest BCUT2D eigenvalue weighted by Gasteiger charge is -2.13. The molecule has 0 fully saturated rings. The van der Waals surface area contributed by atoms with Gasteiger partial charge in [0.1, 0.15) is 5.75 Å². The van der Waals surface area contributed by atoms with Crippen LogP contribution in [-0.4, -0.2) is 18.2 Å². The summed E-state index contributed by atoms with van der Waals surface area (Å²) in [5.41, 5.74) is 7.19. The molecule has 0 heterocycles. The third-order valence-corrected chi connectivity index (χ3v) is 2.31. The van der Waals surface area contributed by atoms with Crippen molar-refractivity contribution >= 4 is 11.7 Å². The second-order valence-corrected chi connectivity index (χ2v) is 3.49. The van der Waals surface area contributed by atoms with E-state index < -0.39 is 5.97 Å². The molecule has 0 radical (unpaired) electrons. The van der Waals surface area contributed by atoms with Crippen molar-refractivity contribution < 1.29 is 14.6 Å². The van der Waals surface area contributed by atoms with Gasteiger partial charge in [0.15, 0.2) is 0 Å². The number of carboxylic acids is 1. The molecule has 4 nitrogen and oxygen atoms in total. The summed E-state index contributed by atoms with van der Waals surface area (Å²) in [6.45, 7) is 1.83. The molecule has 0 saturated heterocycles. The number of nitrogen functional groups attached to an aromatic ring is 1. The van der Waals surface area contributed by atoms with Gasteiger partial charge in [-0.15, -0.1) is 0 Å². The third-order valence-electron chi connectivity index (χ3n) is 2.31. The summed E-state index contributed by atoms with van der Waals surface area (Å²) in [6, 6.07) is 5.27. The van der Waals surface area contributed by atoms with Crippen LogP contribution in [0.25, 0.3) is 0 Å². The maximum atomic E-state index is 10.6. The van der Waals surface area contributed by atoms with Crippen LogP contribution in [0.4, 0.5) is 5.69 Å². The Bertz CT molecular complexity index is 363. The molecule has 0 aromatic heterocycles. The zero-order chi connectivity index (χ0) is 11.4. The molecule has 1 aromatic carbocycles. The molecule has 1 aromatic rings. The van der Waals surface area contributed by atoms with E-state index in [9.17, 15) is 4.79 Å². The molecule has 0 aliphatic rings. The van der Waals surface area contributed by atoms with E-state index in [2.05, 4.69) is 0 Å². The molecule has 1 atom stereocenters. The van der Waals surface area contributed by atoms with E-state index in [1.807, 2.05) is 6.92 Å². The Morgan fingerprint density at radius 1 is 1.60 bits per heavy atom. The van der Waals surface area contributed by atoms with Crippen molar-refractivity contribution in [2.45, 2.75) is 19.3 Å². The highest BCUT2D eigenvalue weighted by molar-refractivity contribution is 5.69. The smallest absolute Gasteiger partial charge is 0.303 e. The molecule has 1 unspecified atom stereocenters. The molecule has 0 aliphatic heterocycles. The molecule has 0 bridgehead atoms. The minimum absolute atomic E-state index is 0.0668.